The fourth-order valence-corrected chi connectivity index (χ4v) is 1.65. The number of benzene rings is 1. The molecule has 0 heterocycles. The maximum absolute atomic E-state index is 12.0. The summed E-state index contributed by atoms with van der Waals surface area (Å²) in [4.78, 5) is 12.0. The zero-order chi connectivity index (χ0) is 13.5. The van der Waals surface area contributed by atoms with Gasteiger partial charge < -0.3 is 9.47 Å². The molecule has 18 heavy (non-hydrogen) atoms. The maximum atomic E-state index is 12.0. The number of methoxy groups -OCH3 is 1. The highest BCUT2D eigenvalue weighted by molar-refractivity contribution is 5.89. The molecule has 0 saturated carbocycles. The normalized spacial score (nSPS) is 12.5. The molecule has 0 radical (unpaired) electrons. The van der Waals surface area contributed by atoms with Crippen LogP contribution in [-0.2, 0) is 15.9 Å². The van der Waals surface area contributed by atoms with Gasteiger partial charge in [-0.15, -0.1) is 0 Å². The molecule has 3 heteroatoms. The number of esters is 1. The Kier molecular flexibility index (Phi) is 5.86. The molecule has 0 aromatic heterocycles. The molecule has 0 fully saturated rings. The van der Waals surface area contributed by atoms with E-state index in [1.54, 1.807) is 13.2 Å². The van der Waals surface area contributed by atoms with Gasteiger partial charge in [0.1, 0.15) is 6.10 Å². The SMILES string of the molecule is CCc1cccc(C(=O)OC(COC)C(C)C)c1. The van der Waals surface area contributed by atoms with Gasteiger partial charge in [-0.05, 0) is 30.0 Å². The van der Waals surface area contributed by atoms with E-state index in [9.17, 15) is 4.79 Å². The molecule has 0 amide bonds. The number of rotatable bonds is 6. The monoisotopic (exact) mass is 250 g/mol. The molecule has 0 spiro atoms. The molecule has 0 aliphatic carbocycles. The fraction of sp³-hybridized carbons (Fsp3) is 0.533. The van der Waals surface area contributed by atoms with Gasteiger partial charge in [-0.1, -0.05) is 32.9 Å². The lowest BCUT2D eigenvalue weighted by atomic mass is 10.1. The second-order valence-corrected chi connectivity index (χ2v) is 4.70. The van der Waals surface area contributed by atoms with Crippen molar-refractivity contribution in [3.8, 4) is 0 Å². The van der Waals surface area contributed by atoms with Gasteiger partial charge >= 0.3 is 5.97 Å². The van der Waals surface area contributed by atoms with Crippen molar-refractivity contribution in [3.63, 3.8) is 0 Å². The lowest BCUT2D eigenvalue weighted by Gasteiger charge is -2.20. The first kappa shape index (κ1) is 14.7. The van der Waals surface area contributed by atoms with Gasteiger partial charge in [-0.3, -0.25) is 0 Å². The van der Waals surface area contributed by atoms with Crippen LogP contribution in [0.2, 0.25) is 0 Å². The minimum absolute atomic E-state index is 0.201. The van der Waals surface area contributed by atoms with E-state index in [4.69, 9.17) is 9.47 Å². The molecule has 1 aromatic rings. The number of hydrogen-bond donors (Lipinski definition) is 0. The minimum Gasteiger partial charge on any atom is -0.456 e. The first-order chi connectivity index (χ1) is 8.58. The molecule has 0 saturated heterocycles. The molecule has 0 aliphatic rings. The van der Waals surface area contributed by atoms with Crippen molar-refractivity contribution < 1.29 is 14.3 Å². The first-order valence-corrected chi connectivity index (χ1v) is 6.37. The summed E-state index contributed by atoms with van der Waals surface area (Å²) >= 11 is 0. The van der Waals surface area contributed by atoms with E-state index >= 15 is 0 Å². The Morgan fingerprint density at radius 2 is 2.06 bits per heavy atom. The van der Waals surface area contributed by atoms with Crippen LogP contribution < -0.4 is 0 Å². The Hall–Kier alpha value is -1.35. The molecule has 1 atom stereocenters. The van der Waals surface area contributed by atoms with Gasteiger partial charge in [0.05, 0.1) is 12.2 Å². The zero-order valence-electron chi connectivity index (χ0n) is 11.6. The van der Waals surface area contributed by atoms with Gasteiger partial charge in [-0.25, -0.2) is 4.79 Å². The summed E-state index contributed by atoms with van der Waals surface area (Å²) in [6.45, 7) is 6.52. The second-order valence-electron chi connectivity index (χ2n) is 4.70. The van der Waals surface area contributed by atoms with Crippen LogP contribution in [0, 0.1) is 5.92 Å². The van der Waals surface area contributed by atoms with Crippen molar-refractivity contribution in [2.24, 2.45) is 5.92 Å². The predicted molar refractivity (Wildman–Crippen MR) is 71.7 cm³/mol. The third-order valence-electron chi connectivity index (χ3n) is 2.90. The molecule has 0 bridgehead atoms. The highest BCUT2D eigenvalue weighted by Crippen LogP contribution is 2.12. The van der Waals surface area contributed by atoms with Crippen molar-refractivity contribution in [3.05, 3.63) is 35.4 Å². The smallest absolute Gasteiger partial charge is 0.338 e. The highest BCUT2D eigenvalue weighted by Gasteiger charge is 2.19. The highest BCUT2D eigenvalue weighted by atomic mass is 16.6. The molecule has 3 nitrogen and oxygen atoms in total. The van der Waals surface area contributed by atoms with Gasteiger partial charge in [0.25, 0.3) is 0 Å². The van der Waals surface area contributed by atoms with E-state index < -0.39 is 0 Å². The van der Waals surface area contributed by atoms with Gasteiger partial charge in [0.15, 0.2) is 0 Å². The van der Waals surface area contributed by atoms with Crippen LogP contribution in [-0.4, -0.2) is 25.8 Å². The summed E-state index contributed by atoms with van der Waals surface area (Å²) in [6.07, 6.45) is 0.708. The quantitative estimate of drug-likeness (QED) is 0.728. The predicted octanol–water partition coefficient (Wildman–Crippen LogP) is 3.08. The Balaban J connectivity index is 2.73. The summed E-state index contributed by atoms with van der Waals surface area (Å²) in [5.41, 5.74) is 1.74. The molecular formula is C15H22O3. The summed E-state index contributed by atoms with van der Waals surface area (Å²) in [7, 11) is 1.61. The summed E-state index contributed by atoms with van der Waals surface area (Å²) in [5.74, 6) is -0.0377. The lowest BCUT2D eigenvalue weighted by molar-refractivity contribution is -0.0102. The van der Waals surface area contributed by atoms with E-state index in [0.29, 0.717) is 12.2 Å². The third-order valence-corrected chi connectivity index (χ3v) is 2.90. The van der Waals surface area contributed by atoms with Crippen LogP contribution in [0.25, 0.3) is 0 Å². The molecule has 1 aromatic carbocycles. The van der Waals surface area contributed by atoms with E-state index in [0.717, 1.165) is 12.0 Å². The van der Waals surface area contributed by atoms with Crippen molar-refractivity contribution in [2.45, 2.75) is 33.3 Å². The Morgan fingerprint density at radius 3 is 2.61 bits per heavy atom. The Bertz CT molecular complexity index is 385. The van der Waals surface area contributed by atoms with E-state index in [1.807, 2.05) is 32.0 Å². The van der Waals surface area contributed by atoms with Crippen molar-refractivity contribution in [1.82, 2.24) is 0 Å². The summed E-state index contributed by atoms with van der Waals surface area (Å²) in [6, 6.07) is 7.56. The van der Waals surface area contributed by atoms with Crippen LogP contribution >= 0.6 is 0 Å². The first-order valence-electron chi connectivity index (χ1n) is 6.37. The molecular weight excluding hydrogens is 228 g/mol. The molecule has 1 unspecified atom stereocenters. The lowest BCUT2D eigenvalue weighted by Crippen LogP contribution is -2.28. The topological polar surface area (TPSA) is 35.5 Å². The van der Waals surface area contributed by atoms with E-state index in [1.165, 1.54) is 0 Å². The number of carbonyl (C=O) groups is 1. The van der Waals surface area contributed by atoms with Crippen LogP contribution in [0.1, 0.15) is 36.7 Å². The molecule has 0 aliphatic heterocycles. The molecule has 1 rings (SSSR count). The standard InChI is InChI=1S/C15H22O3/c1-5-12-7-6-8-13(9-12)15(16)18-14(10-17-4)11(2)3/h6-9,11,14H,5,10H2,1-4H3. The van der Waals surface area contributed by atoms with Crippen LogP contribution in [0.3, 0.4) is 0 Å². The van der Waals surface area contributed by atoms with Crippen LogP contribution in [0.15, 0.2) is 24.3 Å². The largest absolute Gasteiger partial charge is 0.456 e. The fourth-order valence-electron chi connectivity index (χ4n) is 1.65. The number of ether oxygens (including phenoxy) is 2. The average Bonchev–Trinajstić information content (AvgIpc) is 2.38. The van der Waals surface area contributed by atoms with Crippen molar-refractivity contribution >= 4 is 5.97 Å². The Labute approximate surface area is 109 Å². The Morgan fingerprint density at radius 1 is 1.33 bits per heavy atom. The van der Waals surface area contributed by atoms with Crippen LogP contribution in [0.4, 0.5) is 0 Å². The summed E-state index contributed by atoms with van der Waals surface area (Å²) < 4.78 is 10.5. The van der Waals surface area contributed by atoms with E-state index in [-0.39, 0.29) is 18.0 Å². The van der Waals surface area contributed by atoms with Crippen molar-refractivity contribution in [1.29, 1.82) is 0 Å². The number of hydrogen-bond acceptors (Lipinski definition) is 3. The molecule has 0 N–H and O–H groups in total. The third kappa shape index (κ3) is 4.15. The van der Waals surface area contributed by atoms with E-state index in [2.05, 4.69) is 6.92 Å². The number of carbonyl (C=O) groups excluding carboxylic acids is 1. The molecule has 100 valence electrons. The maximum Gasteiger partial charge on any atom is 0.338 e. The van der Waals surface area contributed by atoms with Crippen molar-refractivity contribution in [2.75, 3.05) is 13.7 Å². The minimum atomic E-state index is -0.277. The van der Waals surface area contributed by atoms with Gasteiger partial charge in [-0.2, -0.15) is 0 Å². The van der Waals surface area contributed by atoms with Crippen LogP contribution in [0.5, 0.6) is 0 Å². The van der Waals surface area contributed by atoms with Gasteiger partial charge in [0.2, 0.25) is 0 Å². The average molecular weight is 250 g/mol. The van der Waals surface area contributed by atoms with Gasteiger partial charge in [0, 0.05) is 7.11 Å². The summed E-state index contributed by atoms with van der Waals surface area (Å²) in [5, 5.41) is 0. The zero-order valence-corrected chi connectivity index (χ0v) is 11.6. The second kappa shape index (κ2) is 7.17. The number of aryl methyl sites for hydroxylation is 1.